The molecule has 1 saturated carbocycles. The third-order valence-electron chi connectivity index (χ3n) is 5.57. The Bertz CT molecular complexity index is 831. The van der Waals surface area contributed by atoms with Gasteiger partial charge in [-0.1, -0.05) is 37.5 Å². The first kappa shape index (κ1) is 18.5. The number of allylic oxidation sites excluding steroid dienone is 1. The van der Waals surface area contributed by atoms with E-state index >= 15 is 0 Å². The second-order valence-electron chi connectivity index (χ2n) is 7.38. The Morgan fingerprint density at radius 3 is 2.75 bits per heavy atom. The van der Waals surface area contributed by atoms with Gasteiger partial charge in [-0.05, 0) is 49.1 Å². The van der Waals surface area contributed by atoms with Crippen LogP contribution in [-0.2, 0) is 4.79 Å². The number of hydrogen-bond donors (Lipinski definition) is 0. The van der Waals surface area contributed by atoms with Gasteiger partial charge in [-0.15, -0.1) is 6.58 Å². The van der Waals surface area contributed by atoms with Crippen LogP contribution in [0.5, 0.6) is 11.5 Å². The van der Waals surface area contributed by atoms with Gasteiger partial charge in [0.15, 0.2) is 11.5 Å². The number of amides is 1. The van der Waals surface area contributed by atoms with Gasteiger partial charge in [0.2, 0.25) is 12.7 Å². The molecule has 4 rings (SSSR count). The molecule has 2 aliphatic rings. The van der Waals surface area contributed by atoms with Crippen molar-refractivity contribution in [2.45, 2.75) is 50.5 Å². The van der Waals surface area contributed by atoms with Gasteiger partial charge in [0, 0.05) is 12.2 Å². The Morgan fingerprint density at radius 1 is 1.18 bits per heavy atom. The fourth-order valence-electron chi connectivity index (χ4n) is 4.16. The molecule has 0 N–H and O–H groups in total. The molecular weight excluding hydrogens is 352 g/mol. The lowest BCUT2D eigenvalue weighted by Crippen LogP contribution is -2.44. The Kier molecular flexibility index (Phi) is 5.60. The van der Waals surface area contributed by atoms with Crippen molar-refractivity contribution in [1.29, 1.82) is 0 Å². The van der Waals surface area contributed by atoms with Crippen LogP contribution in [0.2, 0.25) is 0 Å². The molecule has 1 aromatic carbocycles. The highest BCUT2D eigenvalue weighted by Gasteiger charge is 2.33. The number of ether oxygens (including phenoxy) is 2. The first-order valence-corrected chi connectivity index (χ1v) is 10.0. The summed E-state index contributed by atoms with van der Waals surface area (Å²) in [5.74, 6) is 1.90. The number of aromatic nitrogens is 1. The topological polar surface area (TPSA) is 51.7 Å². The molecule has 0 spiro atoms. The van der Waals surface area contributed by atoms with Gasteiger partial charge in [0.05, 0.1) is 5.92 Å². The summed E-state index contributed by atoms with van der Waals surface area (Å²) in [7, 11) is 0. The van der Waals surface area contributed by atoms with Crippen LogP contribution in [0.3, 0.4) is 0 Å². The third kappa shape index (κ3) is 3.75. The molecule has 1 atom stereocenters. The molecule has 2 heterocycles. The maximum atomic E-state index is 13.8. The fraction of sp³-hybridized carbons (Fsp3) is 0.391. The summed E-state index contributed by atoms with van der Waals surface area (Å²) in [6, 6.07) is 11.7. The van der Waals surface area contributed by atoms with E-state index in [0.29, 0.717) is 12.2 Å². The molecule has 0 saturated heterocycles. The zero-order chi connectivity index (χ0) is 19.3. The van der Waals surface area contributed by atoms with Gasteiger partial charge >= 0.3 is 0 Å². The van der Waals surface area contributed by atoms with E-state index in [1.807, 2.05) is 47.4 Å². The number of pyridine rings is 1. The lowest BCUT2D eigenvalue weighted by Gasteiger charge is -2.36. The van der Waals surface area contributed by atoms with E-state index in [0.717, 1.165) is 42.8 Å². The third-order valence-corrected chi connectivity index (χ3v) is 5.57. The quantitative estimate of drug-likeness (QED) is 0.675. The molecule has 1 aliphatic heterocycles. The first-order chi connectivity index (χ1) is 13.8. The molecule has 28 heavy (non-hydrogen) atoms. The summed E-state index contributed by atoms with van der Waals surface area (Å²) in [5.41, 5.74) is 0.922. The highest BCUT2D eigenvalue weighted by atomic mass is 16.7. The predicted octanol–water partition coefficient (Wildman–Crippen LogP) is 4.84. The number of carbonyl (C=O) groups excluding carboxylic acids is 1. The molecule has 5 nitrogen and oxygen atoms in total. The summed E-state index contributed by atoms with van der Waals surface area (Å²) < 4.78 is 10.9. The molecule has 1 unspecified atom stereocenters. The zero-order valence-corrected chi connectivity index (χ0v) is 16.0. The Morgan fingerprint density at radius 2 is 2.00 bits per heavy atom. The lowest BCUT2D eigenvalue weighted by atomic mass is 9.90. The molecular formula is C23H26N2O3. The molecule has 146 valence electrons. The maximum absolute atomic E-state index is 13.8. The van der Waals surface area contributed by atoms with Crippen molar-refractivity contribution in [2.75, 3.05) is 11.7 Å². The molecule has 1 fully saturated rings. The van der Waals surface area contributed by atoms with Crippen molar-refractivity contribution in [3.63, 3.8) is 0 Å². The van der Waals surface area contributed by atoms with Crippen molar-refractivity contribution in [1.82, 2.24) is 4.98 Å². The van der Waals surface area contributed by atoms with E-state index in [9.17, 15) is 4.79 Å². The van der Waals surface area contributed by atoms with Gasteiger partial charge in [-0.25, -0.2) is 4.98 Å². The maximum Gasteiger partial charge on any atom is 0.236 e. The number of nitrogens with zero attached hydrogens (tertiary/aromatic N) is 2. The van der Waals surface area contributed by atoms with Crippen LogP contribution in [0.25, 0.3) is 0 Å². The van der Waals surface area contributed by atoms with E-state index in [1.54, 1.807) is 6.20 Å². The fourth-order valence-corrected chi connectivity index (χ4v) is 4.16. The van der Waals surface area contributed by atoms with Crippen LogP contribution in [0, 0.1) is 0 Å². The molecule has 1 amide bonds. The molecule has 5 heteroatoms. The van der Waals surface area contributed by atoms with Crippen molar-refractivity contribution >= 4 is 11.7 Å². The second-order valence-corrected chi connectivity index (χ2v) is 7.38. The molecule has 2 aromatic rings. The monoisotopic (exact) mass is 378 g/mol. The van der Waals surface area contributed by atoms with E-state index in [1.165, 1.54) is 6.42 Å². The first-order valence-electron chi connectivity index (χ1n) is 10.0. The molecule has 0 radical (unpaired) electrons. The number of anilines is 1. The summed E-state index contributed by atoms with van der Waals surface area (Å²) in [5, 5.41) is 0. The van der Waals surface area contributed by atoms with Crippen LogP contribution in [0.1, 0.15) is 50.0 Å². The van der Waals surface area contributed by atoms with Crippen LogP contribution in [-0.4, -0.2) is 23.7 Å². The van der Waals surface area contributed by atoms with E-state index in [2.05, 4.69) is 11.6 Å². The summed E-state index contributed by atoms with van der Waals surface area (Å²) in [6.45, 7) is 4.11. The smallest absolute Gasteiger partial charge is 0.236 e. The van der Waals surface area contributed by atoms with Crippen molar-refractivity contribution < 1.29 is 14.3 Å². The van der Waals surface area contributed by atoms with Gasteiger partial charge in [0.1, 0.15) is 5.82 Å². The van der Waals surface area contributed by atoms with Gasteiger partial charge in [-0.3, -0.25) is 9.69 Å². The number of fused-ring (bicyclic) bond motifs is 1. The van der Waals surface area contributed by atoms with Gasteiger partial charge in [-0.2, -0.15) is 0 Å². The number of rotatable bonds is 6. The number of hydrogen-bond acceptors (Lipinski definition) is 4. The van der Waals surface area contributed by atoms with Crippen LogP contribution < -0.4 is 14.4 Å². The minimum absolute atomic E-state index is 0.0735. The molecule has 1 aromatic heterocycles. The van der Waals surface area contributed by atoms with Crippen molar-refractivity contribution in [3.8, 4) is 11.5 Å². The largest absolute Gasteiger partial charge is 0.454 e. The van der Waals surface area contributed by atoms with Crippen molar-refractivity contribution in [2.24, 2.45) is 0 Å². The lowest BCUT2D eigenvalue weighted by molar-refractivity contribution is -0.120. The average Bonchev–Trinajstić information content (AvgIpc) is 3.21. The van der Waals surface area contributed by atoms with Crippen LogP contribution >= 0.6 is 0 Å². The number of benzene rings is 1. The van der Waals surface area contributed by atoms with Crippen molar-refractivity contribution in [3.05, 3.63) is 60.8 Å². The van der Waals surface area contributed by atoms with E-state index in [4.69, 9.17) is 9.47 Å². The summed E-state index contributed by atoms with van der Waals surface area (Å²) >= 11 is 0. The van der Waals surface area contributed by atoms with Gasteiger partial charge < -0.3 is 9.47 Å². The zero-order valence-electron chi connectivity index (χ0n) is 16.0. The SMILES string of the molecule is C=CCC(C(=O)N(c1ccccn1)C1CCCCC1)c1ccc2c(c1)OCO2. The average molecular weight is 378 g/mol. The number of carbonyl (C=O) groups is 1. The predicted molar refractivity (Wildman–Crippen MR) is 109 cm³/mol. The Labute approximate surface area is 166 Å². The van der Waals surface area contributed by atoms with Gasteiger partial charge in [0.25, 0.3) is 0 Å². The molecule has 1 aliphatic carbocycles. The second kappa shape index (κ2) is 8.46. The normalized spacial score (nSPS) is 17.1. The van der Waals surface area contributed by atoms with Crippen LogP contribution in [0.15, 0.2) is 55.3 Å². The minimum Gasteiger partial charge on any atom is -0.454 e. The van der Waals surface area contributed by atoms with E-state index < -0.39 is 0 Å². The standard InChI is InChI=1S/C23H26N2O3/c1-2-8-19(17-12-13-20-21(15-17)28-16-27-20)23(26)25(18-9-4-3-5-10-18)22-11-6-7-14-24-22/h2,6-7,11-15,18-19H,1,3-5,8-10,16H2. The molecule has 0 bridgehead atoms. The highest BCUT2D eigenvalue weighted by Crippen LogP contribution is 2.37. The summed E-state index contributed by atoms with van der Waals surface area (Å²) in [6.07, 6.45) is 9.70. The Balaban J connectivity index is 1.69. The summed E-state index contributed by atoms with van der Waals surface area (Å²) in [4.78, 5) is 20.2. The van der Waals surface area contributed by atoms with E-state index in [-0.39, 0.29) is 24.7 Å². The Hall–Kier alpha value is -2.82. The highest BCUT2D eigenvalue weighted by molar-refractivity contribution is 5.98. The minimum atomic E-state index is -0.323. The van der Waals surface area contributed by atoms with Crippen LogP contribution in [0.4, 0.5) is 5.82 Å².